The van der Waals surface area contributed by atoms with Gasteiger partial charge in [0.15, 0.2) is 0 Å². The van der Waals surface area contributed by atoms with Gasteiger partial charge in [0.2, 0.25) is 5.91 Å². The third kappa shape index (κ3) is 4.58. The molecule has 0 spiro atoms. The summed E-state index contributed by atoms with van der Waals surface area (Å²) in [7, 11) is 0. The Kier molecular flexibility index (Phi) is 6.38. The Labute approximate surface area is 200 Å². The highest BCUT2D eigenvalue weighted by Crippen LogP contribution is 2.35. The number of carbonyl (C=O) groups excluding carboxylic acids is 1. The maximum atomic E-state index is 14.9. The minimum Gasteiger partial charge on any atom is -0.372 e. The molecule has 2 aliphatic heterocycles. The van der Waals surface area contributed by atoms with Crippen molar-refractivity contribution < 1.29 is 9.18 Å². The van der Waals surface area contributed by atoms with Gasteiger partial charge in [-0.2, -0.15) is 5.26 Å². The number of nitrogens with zero attached hydrogens (tertiary/aromatic N) is 2. The number of carbonyl (C=O) groups is 1. The predicted molar refractivity (Wildman–Crippen MR) is 131 cm³/mol. The zero-order chi connectivity index (χ0) is 23.7. The molecule has 2 bridgehead atoms. The first-order valence-corrected chi connectivity index (χ1v) is 12.3. The fraction of sp³-hybridized carbons (Fsp3) is 0.429. The fourth-order valence-electron chi connectivity index (χ4n) is 5.68. The van der Waals surface area contributed by atoms with Gasteiger partial charge in [-0.1, -0.05) is 43.0 Å². The average molecular weight is 459 g/mol. The zero-order valence-electron chi connectivity index (χ0n) is 19.4. The lowest BCUT2D eigenvalue weighted by molar-refractivity contribution is -0.124. The molecule has 0 aromatic heterocycles. The second kappa shape index (κ2) is 9.60. The Bertz CT molecular complexity index is 1120. The third-order valence-electron chi connectivity index (χ3n) is 7.63. The summed E-state index contributed by atoms with van der Waals surface area (Å²) in [6.07, 6.45) is 5.75. The number of piperidine rings is 1. The summed E-state index contributed by atoms with van der Waals surface area (Å²) in [5.74, 6) is -0.166. The van der Waals surface area contributed by atoms with E-state index in [1.807, 2.05) is 30.3 Å². The van der Waals surface area contributed by atoms with Gasteiger partial charge in [-0.25, -0.2) is 4.39 Å². The Morgan fingerprint density at radius 1 is 1.18 bits per heavy atom. The van der Waals surface area contributed by atoms with E-state index in [1.54, 1.807) is 6.07 Å². The molecule has 2 saturated heterocycles. The first-order valence-electron chi connectivity index (χ1n) is 12.3. The van der Waals surface area contributed by atoms with Gasteiger partial charge >= 0.3 is 0 Å². The summed E-state index contributed by atoms with van der Waals surface area (Å²) in [4.78, 5) is 15.0. The van der Waals surface area contributed by atoms with Crippen LogP contribution in [-0.4, -0.2) is 42.0 Å². The Hall–Kier alpha value is -3.17. The van der Waals surface area contributed by atoms with Gasteiger partial charge in [0.25, 0.3) is 0 Å². The summed E-state index contributed by atoms with van der Waals surface area (Å²) in [6, 6.07) is 14.7. The van der Waals surface area contributed by atoms with E-state index in [1.165, 1.54) is 18.9 Å². The van der Waals surface area contributed by atoms with Crippen LogP contribution in [-0.2, 0) is 11.2 Å². The molecule has 1 saturated carbocycles. The topological polar surface area (TPSA) is 68.2 Å². The lowest BCUT2D eigenvalue weighted by Gasteiger charge is -2.23. The largest absolute Gasteiger partial charge is 0.372 e. The third-order valence-corrected chi connectivity index (χ3v) is 7.63. The zero-order valence-corrected chi connectivity index (χ0v) is 19.4. The predicted octanol–water partition coefficient (Wildman–Crippen LogP) is 4.25. The van der Waals surface area contributed by atoms with Crippen LogP contribution in [0.4, 0.5) is 4.39 Å². The average Bonchev–Trinajstić information content (AvgIpc) is 3.63. The maximum Gasteiger partial charge on any atom is 0.238 e. The van der Waals surface area contributed by atoms with Gasteiger partial charge in [0.05, 0.1) is 12.1 Å². The summed E-state index contributed by atoms with van der Waals surface area (Å²) >= 11 is 0. The van der Waals surface area contributed by atoms with Crippen molar-refractivity contribution in [3.05, 3.63) is 66.0 Å². The van der Waals surface area contributed by atoms with Gasteiger partial charge in [0.1, 0.15) is 11.9 Å². The summed E-state index contributed by atoms with van der Waals surface area (Å²) in [6.45, 7) is 6.34. The van der Waals surface area contributed by atoms with E-state index in [4.69, 9.17) is 0 Å². The van der Waals surface area contributed by atoms with Gasteiger partial charge in [-0.05, 0) is 66.3 Å². The molecule has 2 aromatic carbocycles. The van der Waals surface area contributed by atoms with Crippen LogP contribution in [0.15, 0.2) is 49.0 Å². The number of likely N-dealkylation sites (tertiary alicyclic amines) is 1. The van der Waals surface area contributed by atoms with Crippen LogP contribution in [0.3, 0.4) is 0 Å². The van der Waals surface area contributed by atoms with E-state index in [0.717, 1.165) is 54.7 Å². The number of nitriles is 1. The smallest absolute Gasteiger partial charge is 0.238 e. The van der Waals surface area contributed by atoms with Crippen molar-refractivity contribution in [2.24, 2.45) is 5.92 Å². The van der Waals surface area contributed by atoms with Crippen LogP contribution >= 0.6 is 0 Å². The molecule has 34 heavy (non-hydrogen) atoms. The van der Waals surface area contributed by atoms with E-state index in [9.17, 15) is 14.4 Å². The lowest BCUT2D eigenvalue weighted by atomic mass is 9.97. The normalized spacial score (nSPS) is 24.1. The van der Waals surface area contributed by atoms with E-state index >= 15 is 0 Å². The molecule has 2 heterocycles. The number of rotatable bonds is 7. The highest BCUT2D eigenvalue weighted by Gasteiger charge is 2.43. The molecule has 3 fully saturated rings. The monoisotopic (exact) mass is 458 g/mol. The molecule has 4 atom stereocenters. The van der Waals surface area contributed by atoms with E-state index in [2.05, 4.69) is 28.2 Å². The number of hydrogen-bond acceptors (Lipinski definition) is 4. The number of fused-ring (bicyclic) bond motifs is 2. The maximum absolute atomic E-state index is 14.9. The highest BCUT2D eigenvalue weighted by molar-refractivity contribution is 5.83. The van der Waals surface area contributed by atoms with Crippen molar-refractivity contribution in [2.45, 2.75) is 56.7 Å². The molecule has 4 unspecified atom stereocenters. The Morgan fingerprint density at radius 3 is 2.53 bits per heavy atom. The molecule has 176 valence electrons. The first kappa shape index (κ1) is 22.6. The lowest BCUT2D eigenvalue weighted by Crippen LogP contribution is -2.50. The Morgan fingerprint density at radius 2 is 1.91 bits per heavy atom. The van der Waals surface area contributed by atoms with Crippen molar-refractivity contribution >= 4 is 11.6 Å². The van der Waals surface area contributed by atoms with Gasteiger partial charge < -0.3 is 15.5 Å². The van der Waals surface area contributed by atoms with Crippen LogP contribution in [0.25, 0.3) is 16.8 Å². The fourth-order valence-corrected chi connectivity index (χ4v) is 5.68. The molecule has 1 aliphatic carbocycles. The van der Waals surface area contributed by atoms with Crippen LogP contribution in [0.2, 0.25) is 0 Å². The molecule has 0 radical (unpaired) electrons. The number of nitrogens with one attached hydrogen (secondary N) is 2. The minimum absolute atomic E-state index is 0.143. The highest BCUT2D eigenvalue weighted by atomic mass is 19.1. The van der Waals surface area contributed by atoms with Gasteiger partial charge in [0, 0.05) is 31.2 Å². The summed E-state index contributed by atoms with van der Waals surface area (Å²) in [5, 5.41) is 15.7. The summed E-state index contributed by atoms with van der Waals surface area (Å²) < 4.78 is 14.9. The quantitative estimate of drug-likeness (QED) is 0.651. The van der Waals surface area contributed by atoms with Crippen LogP contribution in [0, 0.1) is 23.1 Å². The van der Waals surface area contributed by atoms with Crippen LogP contribution in [0.5, 0.6) is 0 Å². The molecule has 3 aliphatic rings. The molecule has 2 N–H and O–H groups in total. The van der Waals surface area contributed by atoms with E-state index < -0.39 is 6.04 Å². The first-order chi connectivity index (χ1) is 16.5. The molecular formula is C28H31FN4O. The number of amides is 1. The molecule has 5 rings (SSSR count). The van der Waals surface area contributed by atoms with E-state index in [0.29, 0.717) is 17.5 Å². The standard InChI is InChI=1S/C28H31FN4O/c1-18(33-12-2-3-13-33)19-4-6-20(7-5-19)21-8-9-22(26(29)16-21)14-25(17-30)32-28(34)27-23-10-11-24(15-23)31-27/h4-9,16,23-25,27,31H,1-3,10-15H2,(H,32,34). The van der Waals surface area contributed by atoms with Crippen molar-refractivity contribution in [3.63, 3.8) is 0 Å². The second-order valence-corrected chi connectivity index (χ2v) is 9.83. The van der Waals surface area contributed by atoms with Crippen molar-refractivity contribution in [3.8, 4) is 17.2 Å². The molecule has 5 nitrogen and oxygen atoms in total. The minimum atomic E-state index is -0.760. The van der Waals surface area contributed by atoms with Crippen molar-refractivity contribution in [1.29, 1.82) is 5.26 Å². The molecule has 1 amide bonds. The van der Waals surface area contributed by atoms with E-state index in [-0.39, 0.29) is 24.2 Å². The number of halogens is 1. The molecule has 2 aromatic rings. The SMILES string of the molecule is C=C(c1ccc(-c2ccc(CC(C#N)NC(=O)C3NC4CCC3C4)c(F)c2)cc1)N1CCCC1. The Balaban J connectivity index is 1.23. The van der Waals surface area contributed by atoms with Gasteiger partial charge in [-0.15, -0.1) is 0 Å². The van der Waals surface area contributed by atoms with Crippen molar-refractivity contribution in [2.75, 3.05) is 13.1 Å². The molecular weight excluding hydrogens is 427 g/mol. The number of benzene rings is 2. The second-order valence-electron chi connectivity index (χ2n) is 9.83. The van der Waals surface area contributed by atoms with Gasteiger partial charge in [-0.3, -0.25) is 4.79 Å². The summed E-state index contributed by atoms with van der Waals surface area (Å²) in [5.41, 5.74) is 4.26. The van der Waals surface area contributed by atoms with Crippen LogP contribution < -0.4 is 10.6 Å². The molecule has 6 heteroatoms. The van der Waals surface area contributed by atoms with Crippen molar-refractivity contribution in [1.82, 2.24) is 15.5 Å². The number of hydrogen-bond donors (Lipinski definition) is 2. The van der Waals surface area contributed by atoms with Crippen LogP contribution in [0.1, 0.15) is 43.2 Å².